The summed E-state index contributed by atoms with van der Waals surface area (Å²) < 4.78 is 0. The van der Waals surface area contributed by atoms with Gasteiger partial charge in [0.1, 0.15) is 0 Å². The predicted molar refractivity (Wildman–Crippen MR) is 63.6 cm³/mol. The van der Waals surface area contributed by atoms with Crippen molar-refractivity contribution in [2.75, 3.05) is 6.54 Å². The van der Waals surface area contributed by atoms with Gasteiger partial charge in [0, 0.05) is 18.5 Å². The quantitative estimate of drug-likeness (QED) is 0.819. The first-order valence-corrected chi connectivity index (χ1v) is 6.71. The summed E-state index contributed by atoms with van der Waals surface area (Å²) in [5, 5.41) is 8.85. The van der Waals surface area contributed by atoms with Crippen molar-refractivity contribution < 1.29 is 14.7 Å². The molecule has 2 fully saturated rings. The zero-order valence-electron chi connectivity index (χ0n) is 10.2. The topological polar surface area (TPSA) is 57.6 Å². The molecule has 1 aliphatic carbocycles. The van der Waals surface area contributed by atoms with Gasteiger partial charge in [-0.2, -0.15) is 0 Å². The van der Waals surface area contributed by atoms with Gasteiger partial charge in [0.25, 0.3) is 0 Å². The highest BCUT2D eigenvalue weighted by Crippen LogP contribution is 2.29. The highest BCUT2D eigenvalue weighted by molar-refractivity contribution is 5.80. The summed E-state index contributed by atoms with van der Waals surface area (Å²) in [5.41, 5.74) is 0. The molecule has 0 unspecified atom stereocenters. The van der Waals surface area contributed by atoms with E-state index in [2.05, 4.69) is 0 Å². The molecule has 96 valence electrons. The van der Waals surface area contributed by atoms with Gasteiger partial charge in [-0.25, -0.2) is 0 Å². The van der Waals surface area contributed by atoms with Gasteiger partial charge in [-0.05, 0) is 25.7 Å². The van der Waals surface area contributed by atoms with E-state index in [1.54, 1.807) is 0 Å². The van der Waals surface area contributed by atoms with Crippen LogP contribution in [-0.4, -0.2) is 34.5 Å². The van der Waals surface area contributed by atoms with Crippen molar-refractivity contribution in [3.05, 3.63) is 0 Å². The summed E-state index contributed by atoms with van der Waals surface area (Å²) >= 11 is 0. The van der Waals surface area contributed by atoms with Crippen LogP contribution >= 0.6 is 0 Å². The van der Waals surface area contributed by atoms with E-state index in [1.165, 1.54) is 6.42 Å². The molecule has 0 bridgehead atoms. The first-order chi connectivity index (χ1) is 8.18. The number of carbonyl (C=O) groups is 2. The van der Waals surface area contributed by atoms with E-state index in [9.17, 15) is 9.59 Å². The molecule has 1 saturated heterocycles. The Morgan fingerprint density at radius 1 is 1.06 bits per heavy atom. The van der Waals surface area contributed by atoms with E-state index in [-0.39, 0.29) is 24.3 Å². The maximum atomic E-state index is 12.3. The fourth-order valence-electron chi connectivity index (χ4n) is 3.12. The number of carboxylic acid groups (broad SMARTS) is 1. The van der Waals surface area contributed by atoms with Crippen LogP contribution in [0.2, 0.25) is 0 Å². The summed E-state index contributed by atoms with van der Waals surface area (Å²) in [7, 11) is 0. The lowest BCUT2D eigenvalue weighted by Gasteiger charge is -2.30. The lowest BCUT2D eigenvalue weighted by Crippen LogP contribution is -2.41. The van der Waals surface area contributed by atoms with E-state index in [0.717, 1.165) is 45.1 Å². The van der Waals surface area contributed by atoms with Gasteiger partial charge in [-0.3, -0.25) is 9.59 Å². The number of rotatable bonds is 3. The van der Waals surface area contributed by atoms with Crippen molar-refractivity contribution >= 4 is 11.9 Å². The highest BCUT2D eigenvalue weighted by Gasteiger charge is 2.34. The molecule has 1 aliphatic heterocycles. The van der Waals surface area contributed by atoms with Crippen LogP contribution in [0.15, 0.2) is 0 Å². The molecular formula is C13H21NO3. The molecule has 0 aromatic rings. The molecule has 1 amide bonds. The normalized spacial score (nSPS) is 26.1. The fraction of sp³-hybridized carbons (Fsp3) is 0.846. The Hall–Kier alpha value is -1.06. The molecule has 1 saturated carbocycles. The maximum Gasteiger partial charge on any atom is 0.305 e. The molecule has 0 spiro atoms. The van der Waals surface area contributed by atoms with Crippen LogP contribution in [0.5, 0.6) is 0 Å². The molecule has 1 atom stereocenters. The maximum absolute atomic E-state index is 12.3. The van der Waals surface area contributed by atoms with Crippen molar-refractivity contribution in [1.82, 2.24) is 4.90 Å². The third-order valence-corrected chi connectivity index (χ3v) is 4.02. The molecule has 0 aromatic heterocycles. The van der Waals surface area contributed by atoms with Crippen LogP contribution in [0.4, 0.5) is 0 Å². The second kappa shape index (κ2) is 5.52. The Bertz CT molecular complexity index is 297. The number of nitrogens with zero attached hydrogens (tertiary/aromatic N) is 1. The average molecular weight is 239 g/mol. The van der Waals surface area contributed by atoms with Crippen molar-refractivity contribution in [2.24, 2.45) is 5.92 Å². The van der Waals surface area contributed by atoms with E-state index in [0.29, 0.717) is 0 Å². The van der Waals surface area contributed by atoms with E-state index < -0.39 is 5.97 Å². The number of carbonyl (C=O) groups excluding carboxylic acids is 1. The second-order valence-electron chi connectivity index (χ2n) is 5.26. The second-order valence-corrected chi connectivity index (χ2v) is 5.26. The number of hydrogen-bond acceptors (Lipinski definition) is 2. The minimum absolute atomic E-state index is 0.0538. The monoisotopic (exact) mass is 239 g/mol. The fourth-order valence-corrected chi connectivity index (χ4v) is 3.12. The van der Waals surface area contributed by atoms with Gasteiger partial charge in [0.2, 0.25) is 5.91 Å². The van der Waals surface area contributed by atoms with Crippen molar-refractivity contribution in [2.45, 2.75) is 57.4 Å². The highest BCUT2D eigenvalue weighted by atomic mass is 16.4. The molecule has 2 rings (SSSR count). The van der Waals surface area contributed by atoms with Crippen LogP contribution < -0.4 is 0 Å². The van der Waals surface area contributed by atoms with Crippen LogP contribution in [0.25, 0.3) is 0 Å². The lowest BCUT2D eigenvalue weighted by atomic mass is 9.88. The van der Waals surface area contributed by atoms with Crippen molar-refractivity contribution in [1.29, 1.82) is 0 Å². The van der Waals surface area contributed by atoms with Gasteiger partial charge in [-0.15, -0.1) is 0 Å². The van der Waals surface area contributed by atoms with Crippen LogP contribution in [0.1, 0.15) is 51.4 Å². The minimum Gasteiger partial charge on any atom is -0.481 e. The molecule has 4 nitrogen and oxygen atoms in total. The summed E-state index contributed by atoms with van der Waals surface area (Å²) in [6.07, 6.45) is 7.44. The SMILES string of the molecule is O=C(O)C[C@@H]1CCCN1C(=O)C1CCCCC1. The molecule has 2 aliphatic rings. The third kappa shape index (κ3) is 2.99. The van der Waals surface area contributed by atoms with Crippen LogP contribution in [-0.2, 0) is 9.59 Å². The van der Waals surface area contributed by atoms with Gasteiger partial charge in [0.15, 0.2) is 0 Å². The Kier molecular flexibility index (Phi) is 4.02. The Morgan fingerprint density at radius 2 is 1.76 bits per heavy atom. The zero-order chi connectivity index (χ0) is 12.3. The number of carboxylic acids is 1. The summed E-state index contributed by atoms with van der Waals surface area (Å²) in [6.45, 7) is 0.757. The van der Waals surface area contributed by atoms with E-state index >= 15 is 0 Å². The summed E-state index contributed by atoms with van der Waals surface area (Å²) in [5.74, 6) is -0.412. The molecule has 1 heterocycles. The molecule has 0 aromatic carbocycles. The third-order valence-electron chi connectivity index (χ3n) is 4.02. The van der Waals surface area contributed by atoms with Crippen LogP contribution in [0.3, 0.4) is 0 Å². The first-order valence-electron chi connectivity index (χ1n) is 6.71. The van der Waals surface area contributed by atoms with Gasteiger partial charge in [0.05, 0.1) is 6.42 Å². The Morgan fingerprint density at radius 3 is 2.41 bits per heavy atom. The Balaban J connectivity index is 1.94. The Labute approximate surface area is 102 Å². The van der Waals surface area contributed by atoms with Gasteiger partial charge < -0.3 is 10.0 Å². The molecule has 0 radical (unpaired) electrons. The van der Waals surface area contributed by atoms with Crippen molar-refractivity contribution in [3.63, 3.8) is 0 Å². The van der Waals surface area contributed by atoms with E-state index in [4.69, 9.17) is 5.11 Å². The summed E-state index contributed by atoms with van der Waals surface area (Å²) in [6, 6.07) is -0.0538. The lowest BCUT2D eigenvalue weighted by molar-refractivity contribution is -0.141. The van der Waals surface area contributed by atoms with Crippen molar-refractivity contribution in [3.8, 4) is 0 Å². The molecular weight excluding hydrogens is 218 g/mol. The van der Waals surface area contributed by atoms with E-state index in [1.807, 2.05) is 4.90 Å². The number of hydrogen-bond donors (Lipinski definition) is 1. The standard InChI is InChI=1S/C13H21NO3/c15-12(16)9-11-7-4-8-14(11)13(17)10-5-2-1-3-6-10/h10-11H,1-9H2,(H,15,16)/t11-/m0/s1. The number of amides is 1. The van der Waals surface area contributed by atoms with Gasteiger partial charge in [-0.1, -0.05) is 19.3 Å². The van der Waals surface area contributed by atoms with Gasteiger partial charge >= 0.3 is 5.97 Å². The molecule has 17 heavy (non-hydrogen) atoms. The largest absolute Gasteiger partial charge is 0.481 e. The zero-order valence-corrected chi connectivity index (χ0v) is 10.2. The molecule has 4 heteroatoms. The minimum atomic E-state index is -0.793. The van der Waals surface area contributed by atoms with Crippen LogP contribution in [0, 0.1) is 5.92 Å². The average Bonchev–Trinajstić information content (AvgIpc) is 2.76. The predicted octanol–water partition coefficient (Wildman–Crippen LogP) is 2.03. The number of aliphatic carboxylic acids is 1. The molecule has 1 N–H and O–H groups in total. The number of likely N-dealkylation sites (tertiary alicyclic amines) is 1. The first kappa shape index (κ1) is 12.4. The smallest absolute Gasteiger partial charge is 0.305 e. The summed E-state index contributed by atoms with van der Waals surface area (Å²) in [4.78, 5) is 24.9.